The van der Waals surface area contributed by atoms with Crippen molar-refractivity contribution in [2.45, 2.75) is 51.5 Å². The third-order valence-electron chi connectivity index (χ3n) is 3.87. The maximum atomic E-state index is 5.84. The maximum absolute atomic E-state index is 5.84. The Labute approximate surface area is 104 Å². The highest BCUT2D eigenvalue weighted by Gasteiger charge is 2.31. The van der Waals surface area contributed by atoms with Crippen LogP contribution in [0.25, 0.3) is 0 Å². The summed E-state index contributed by atoms with van der Waals surface area (Å²) in [6, 6.07) is 0.662. The van der Waals surface area contributed by atoms with Gasteiger partial charge in [-0.15, -0.1) is 0 Å². The fourth-order valence-corrected chi connectivity index (χ4v) is 2.76. The Balaban J connectivity index is 1.69. The van der Waals surface area contributed by atoms with E-state index in [9.17, 15) is 0 Å². The summed E-state index contributed by atoms with van der Waals surface area (Å²) in [5, 5.41) is 0. The molecular formula is C13H26N2O2. The summed E-state index contributed by atoms with van der Waals surface area (Å²) < 4.78 is 11.5. The molecule has 3 atom stereocenters. The van der Waals surface area contributed by atoms with E-state index in [1.165, 1.54) is 19.5 Å². The van der Waals surface area contributed by atoms with Crippen LogP contribution in [0.3, 0.4) is 0 Å². The second kappa shape index (κ2) is 6.14. The summed E-state index contributed by atoms with van der Waals surface area (Å²) in [5.74, 6) is 0.735. The van der Waals surface area contributed by atoms with Crippen LogP contribution in [-0.4, -0.2) is 49.6 Å². The zero-order valence-electron chi connectivity index (χ0n) is 11.1. The molecule has 2 rings (SSSR count). The second-order valence-electron chi connectivity index (χ2n) is 5.58. The van der Waals surface area contributed by atoms with Crippen molar-refractivity contribution in [3.8, 4) is 0 Å². The number of ether oxygens (including phenoxy) is 2. The van der Waals surface area contributed by atoms with Crippen LogP contribution >= 0.6 is 0 Å². The number of hydrogen-bond acceptors (Lipinski definition) is 4. The van der Waals surface area contributed by atoms with Crippen molar-refractivity contribution in [2.24, 2.45) is 11.7 Å². The fraction of sp³-hybridized carbons (Fsp3) is 1.00. The lowest BCUT2D eigenvalue weighted by Gasteiger charge is -2.21. The summed E-state index contributed by atoms with van der Waals surface area (Å²) in [6.07, 6.45) is 3.49. The van der Waals surface area contributed by atoms with Gasteiger partial charge in [0.2, 0.25) is 0 Å². The van der Waals surface area contributed by atoms with Crippen molar-refractivity contribution in [2.75, 3.05) is 26.2 Å². The minimum absolute atomic E-state index is 0.0173. The van der Waals surface area contributed by atoms with Gasteiger partial charge in [0.1, 0.15) is 0 Å². The molecule has 2 aliphatic rings. The molecule has 17 heavy (non-hydrogen) atoms. The van der Waals surface area contributed by atoms with Gasteiger partial charge in [-0.2, -0.15) is 0 Å². The van der Waals surface area contributed by atoms with Crippen LogP contribution in [0.2, 0.25) is 0 Å². The SMILES string of the molecule is CC(C)N1CCC(CC2OCC(CCN)O2)C1. The lowest BCUT2D eigenvalue weighted by molar-refractivity contribution is -0.0711. The highest BCUT2D eigenvalue weighted by molar-refractivity contribution is 4.79. The molecular weight excluding hydrogens is 216 g/mol. The van der Waals surface area contributed by atoms with Crippen molar-refractivity contribution in [3.63, 3.8) is 0 Å². The Morgan fingerprint density at radius 1 is 1.41 bits per heavy atom. The predicted molar refractivity (Wildman–Crippen MR) is 67.7 cm³/mol. The lowest BCUT2D eigenvalue weighted by Crippen LogP contribution is -2.28. The van der Waals surface area contributed by atoms with Gasteiger partial charge in [0.25, 0.3) is 0 Å². The highest BCUT2D eigenvalue weighted by Crippen LogP contribution is 2.27. The minimum Gasteiger partial charge on any atom is -0.350 e. The van der Waals surface area contributed by atoms with E-state index in [0.29, 0.717) is 12.6 Å². The van der Waals surface area contributed by atoms with Crippen molar-refractivity contribution in [3.05, 3.63) is 0 Å². The lowest BCUT2D eigenvalue weighted by atomic mass is 10.1. The van der Waals surface area contributed by atoms with Crippen LogP contribution in [0, 0.1) is 5.92 Å². The normalized spacial score (nSPS) is 34.9. The van der Waals surface area contributed by atoms with Gasteiger partial charge in [0, 0.05) is 19.0 Å². The monoisotopic (exact) mass is 242 g/mol. The molecule has 0 amide bonds. The van der Waals surface area contributed by atoms with E-state index >= 15 is 0 Å². The second-order valence-corrected chi connectivity index (χ2v) is 5.58. The molecule has 2 saturated heterocycles. The molecule has 0 spiro atoms. The van der Waals surface area contributed by atoms with Crippen LogP contribution in [0.4, 0.5) is 0 Å². The number of nitrogens with zero attached hydrogens (tertiary/aromatic N) is 1. The first kappa shape index (κ1) is 13.3. The molecule has 2 heterocycles. The summed E-state index contributed by atoms with van der Waals surface area (Å²) in [5.41, 5.74) is 5.53. The molecule has 0 saturated carbocycles. The Morgan fingerprint density at radius 3 is 2.88 bits per heavy atom. The first-order valence-electron chi connectivity index (χ1n) is 6.90. The minimum atomic E-state index is 0.0173. The third kappa shape index (κ3) is 3.65. The Morgan fingerprint density at radius 2 is 2.24 bits per heavy atom. The molecule has 0 aromatic rings. The predicted octanol–water partition coefficient (Wildman–Crippen LogP) is 1.20. The van der Waals surface area contributed by atoms with Gasteiger partial charge < -0.3 is 20.1 Å². The van der Waals surface area contributed by atoms with Crippen molar-refractivity contribution in [1.29, 1.82) is 0 Å². The topological polar surface area (TPSA) is 47.7 Å². The van der Waals surface area contributed by atoms with E-state index in [1.54, 1.807) is 0 Å². The summed E-state index contributed by atoms with van der Waals surface area (Å²) in [7, 11) is 0. The van der Waals surface area contributed by atoms with Crippen LogP contribution in [-0.2, 0) is 9.47 Å². The van der Waals surface area contributed by atoms with E-state index in [2.05, 4.69) is 18.7 Å². The third-order valence-corrected chi connectivity index (χ3v) is 3.87. The number of nitrogens with two attached hydrogens (primary N) is 1. The van der Waals surface area contributed by atoms with Crippen LogP contribution in [0.15, 0.2) is 0 Å². The van der Waals surface area contributed by atoms with Gasteiger partial charge in [0.05, 0.1) is 12.7 Å². The van der Waals surface area contributed by atoms with Crippen LogP contribution in [0.5, 0.6) is 0 Å². The molecule has 2 fully saturated rings. The molecule has 4 nitrogen and oxygen atoms in total. The standard InChI is InChI=1S/C13H26N2O2/c1-10(2)15-6-4-11(8-15)7-13-16-9-12(17-13)3-5-14/h10-13H,3-9,14H2,1-2H3. The molecule has 2 N–H and O–H groups in total. The maximum Gasteiger partial charge on any atom is 0.158 e. The molecule has 0 bridgehead atoms. The average Bonchev–Trinajstić information content (AvgIpc) is 2.89. The zero-order chi connectivity index (χ0) is 12.3. The van der Waals surface area contributed by atoms with Crippen LogP contribution in [0.1, 0.15) is 33.1 Å². The van der Waals surface area contributed by atoms with Crippen LogP contribution < -0.4 is 5.73 Å². The Bertz CT molecular complexity index is 235. The molecule has 0 aliphatic carbocycles. The van der Waals surface area contributed by atoms with Gasteiger partial charge in [0.15, 0.2) is 6.29 Å². The molecule has 0 aromatic carbocycles. The van der Waals surface area contributed by atoms with Crippen molar-refractivity contribution >= 4 is 0 Å². The van der Waals surface area contributed by atoms with E-state index in [0.717, 1.165) is 25.4 Å². The summed E-state index contributed by atoms with van der Waals surface area (Å²) in [6.45, 7) is 8.36. The van der Waals surface area contributed by atoms with Crippen molar-refractivity contribution in [1.82, 2.24) is 4.90 Å². The molecule has 0 aromatic heterocycles. The van der Waals surface area contributed by atoms with Gasteiger partial charge in [-0.1, -0.05) is 0 Å². The Kier molecular flexibility index (Phi) is 4.79. The largest absolute Gasteiger partial charge is 0.350 e. The average molecular weight is 242 g/mol. The van der Waals surface area contributed by atoms with E-state index in [4.69, 9.17) is 15.2 Å². The molecule has 0 radical (unpaired) electrons. The zero-order valence-corrected chi connectivity index (χ0v) is 11.1. The first-order chi connectivity index (χ1) is 8.19. The summed E-state index contributed by atoms with van der Waals surface area (Å²) in [4.78, 5) is 2.54. The first-order valence-corrected chi connectivity index (χ1v) is 6.90. The summed E-state index contributed by atoms with van der Waals surface area (Å²) >= 11 is 0. The van der Waals surface area contributed by atoms with E-state index < -0.39 is 0 Å². The van der Waals surface area contributed by atoms with Gasteiger partial charge >= 0.3 is 0 Å². The highest BCUT2D eigenvalue weighted by atomic mass is 16.7. The molecule has 4 heteroatoms. The smallest absolute Gasteiger partial charge is 0.158 e. The number of likely N-dealkylation sites (tertiary alicyclic amines) is 1. The van der Waals surface area contributed by atoms with Crippen molar-refractivity contribution < 1.29 is 9.47 Å². The number of hydrogen-bond donors (Lipinski definition) is 1. The molecule has 2 aliphatic heterocycles. The number of rotatable bonds is 5. The van der Waals surface area contributed by atoms with Gasteiger partial charge in [-0.25, -0.2) is 0 Å². The van der Waals surface area contributed by atoms with Gasteiger partial charge in [-0.3, -0.25) is 0 Å². The fourth-order valence-electron chi connectivity index (χ4n) is 2.76. The molecule has 100 valence electrons. The van der Waals surface area contributed by atoms with E-state index in [1.807, 2.05) is 0 Å². The quantitative estimate of drug-likeness (QED) is 0.787. The molecule has 3 unspecified atom stereocenters. The van der Waals surface area contributed by atoms with Gasteiger partial charge in [-0.05, 0) is 45.7 Å². The Hall–Kier alpha value is -0.160. The van der Waals surface area contributed by atoms with E-state index in [-0.39, 0.29) is 12.4 Å².